The molecule has 0 bridgehead atoms. The van der Waals surface area contributed by atoms with Gasteiger partial charge in [0, 0.05) is 13.0 Å². The maximum atomic E-state index is 13.0. The van der Waals surface area contributed by atoms with Crippen LogP contribution in [0.15, 0.2) is 48.5 Å². The maximum absolute atomic E-state index is 13.0. The van der Waals surface area contributed by atoms with Crippen LogP contribution in [0.25, 0.3) is 0 Å². The van der Waals surface area contributed by atoms with E-state index in [2.05, 4.69) is 5.32 Å². The molecule has 1 amide bonds. The van der Waals surface area contributed by atoms with Crippen LogP contribution in [0, 0.1) is 5.82 Å². The molecule has 0 spiro atoms. The van der Waals surface area contributed by atoms with Crippen molar-refractivity contribution in [1.29, 1.82) is 0 Å². The number of nitrogens with one attached hydrogen (secondary N) is 1. The Morgan fingerprint density at radius 1 is 1.14 bits per heavy atom. The van der Waals surface area contributed by atoms with E-state index >= 15 is 0 Å². The number of halogens is 1. The van der Waals surface area contributed by atoms with Crippen molar-refractivity contribution in [3.63, 3.8) is 0 Å². The van der Waals surface area contributed by atoms with Gasteiger partial charge in [0.25, 0.3) is 0 Å². The van der Waals surface area contributed by atoms with Crippen LogP contribution in [-0.4, -0.2) is 19.6 Å². The molecule has 116 valence electrons. The number of hydrogen-bond acceptors (Lipinski definition) is 2. The zero-order valence-corrected chi connectivity index (χ0v) is 12.6. The van der Waals surface area contributed by atoms with E-state index in [1.54, 1.807) is 13.2 Å². The van der Waals surface area contributed by atoms with Gasteiger partial charge in [-0.25, -0.2) is 4.39 Å². The first-order valence-electron chi connectivity index (χ1n) is 7.32. The van der Waals surface area contributed by atoms with Gasteiger partial charge in [0.05, 0.1) is 7.11 Å². The summed E-state index contributed by atoms with van der Waals surface area (Å²) >= 11 is 0. The van der Waals surface area contributed by atoms with E-state index in [4.69, 9.17) is 4.74 Å². The van der Waals surface area contributed by atoms with E-state index in [1.165, 1.54) is 12.1 Å². The number of amides is 1. The van der Waals surface area contributed by atoms with Gasteiger partial charge in [0.1, 0.15) is 11.6 Å². The Kier molecular flexibility index (Phi) is 5.95. The van der Waals surface area contributed by atoms with Crippen LogP contribution < -0.4 is 10.1 Å². The summed E-state index contributed by atoms with van der Waals surface area (Å²) in [5.41, 5.74) is 1.90. The van der Waals surface area contributed by atoms with Crippen molar-refractivity contribution in [3.05, 3.63) is 65.5 Å². The number of para-hydroxylation sites is 1. The molecule has 2 aromatic carbocycles. The first kappa shape index (κ1) is 16.0. The molecule has 1 N–H and O–H groups in total. The van der Waals surface area contributed by atoms with Gasteiger partial charge in [-0.3, -0.25) is 4.79 Å². The van der Waals surface area contributed by atoms with Gasteiger partial charge in [-0.1, -0.05) is 30.3 Å². The minimum atomic E-state index is -0.250. The molecule has 2 aromatic rings. The minimum absolute atomic E-state index is 0.0118. The Morgan fingerprint density at radius 2 is 1.95 bits per heavy atom. The highest BCUT2D eigenvalue weighted by Crippen LogP contribution is 2.18. The summed E-state index contributed by atoms with van der Waals surface area (Å²) in [7, 11) is 1.62. The lowest BCUT2D eigenvalue weighted by Crippen LogP contribution is -2.25. The van der Waals surface area contributed by atoms with Crippen molar-refractivity contribution in [2.75, 3.05) is 13.7 Å². The third-order valence-electron chi connectivity index (χ3n) is 3.44. The van der Waals surface area contributed by atoms with Crippen LogP contribution in [0.2, 0.25) is 0 Å². The van der Waals surface area contributed by atoms with Crippen molar-refractivity contribution < 1.29 is 13.9 Å². The summed E-state index contributed by atoms with van der Waals surface area (Å²) in [6, 6.07) is 14.1. The molecule has 4 heteroatoms. The molecule has 3 nitrogen and oxygen atoms in total. The smallest absolute Gasteiger partial charge is 0.220 e. The number of methoxy groups -OCH3 is 1. The van der Waals surface area contributed by atoms with Crippen LogP contribution in [-0.2, 0) is 17.6 Å². The van der Waals surface area contributed by atoms with E-state index in [9.17, 15) is 9.18 Å². The second-order valence-electron chi connectivity index (χ2n) is 5.04. The fourth-order valence-electron chi connectivity index (χ4n) is 2.28. The largest absolute Gasteiger partial charge is 0.496 e. The first-order valence-corrected chi connectivity index (χ1v) is 7.32. The van der Waals surface area contributed by atoms with Crippen molar-refractivity contribution in [1.82, 2.24) is 5.32 Å². The third-order valence-corrected chi connectivity index (χ3v) is 3.44. The minimum Gasteiger partial charge on any atom is -0.496 e. The molecular weight excluding hydrogens is 281 g/mol. The molecule has 0 aromatic heterocycles. The average Bonchev–Trinajstić information content (AvgIpc) is 2.53. The normalized spacial score (nSPS) is 10.3. The second-order valence-corrected chi connectivity index (χ2v) is 5.04. The van der Waals surface area contributed by atoms with Crippen molar-refractivity contribution in [3.8, 4) is 5.75 Å². The van der Waals surface area contributed by atoms with Crippen molar-refractivity contribution >= 4 is 5.91 Å². The predicted molar refractivity (Wildman–Crippen MR) is 84.4 cm³/mol. The van der Waals surface area contributed by atoms with E-state index < -0.39 is 0 Å². The van der Waals surface area contributed by atoms with E-state index in [1.807, 2.05) is 30.3 Å². The summed E-state index contributed by atoms with van der Waals surface area (Å²) in [5.74, 6) is 0.539. The number of carbonyl (C=O) groups excluding carboxylic acids is 1. The number of benzene rings is 2. The van der Waals surface area contributed by atoms with Crippen LogP contribution in [0.5, 0.6) is 5.75 Å². The fraction of sp³-hybridized carbons (Fsp3) is 0.278. The Labute approximate surface area is 130 Å². The average molecular weight is 301 g/mol. The molecular formula is C18H20FNO2. The van der Waals surface area contributed by atoms with Crippen molar-refractivity contribution in [2.45, 2.75) is 19.3 Å². The molecule has 0 aliphatic carbocycles. The quantitative estimate of drug-likeness (QED) is 0.853. The van der Waals surface area contributed by atoms with Gasteiger partial charge < -0.3 is 10.1 Å². The molecule has 0 aliphatic rings. The molecule has 0 unspecified atom stereocenters. The van der Waals surface area contributed by atoms with Crippen LogP contribution >= 0.6 is 0 Å². The van der Waals surface area contributed by atoms with Gasteiger partial charge in [-0.15, -0.1) is 0 Å². The summed E-state index contributed by atoms with van der Waals surface area (Å²) in [6.45, 7) is 0.508. The highest BCUT2D eigenvalue weighted by Gasteiger charge is 2.06. The molecule has 0 saturated heterocycles. The lowest BCUT2D eigenvalue weighted by atomic mass is 10.1. The summed E-state index contributed by atoms with van der Waals surface area (Å²) in [5, 5.41) is 2.86. The molecule has 0 radical (unpaired) electrons. The third kappa shape index (κ3) is 4.88. The molecule has 0 saturated carbocycles. The number of rotatable bonds is 7. The van der Waals surface area contributed by atoms with Crippen LogP contribution in [0.1, 0.15) is 17.5 Å². The lowest BCUT2D eigenvalue weighted by molar-refractivity contribution is -0.121. The highest BCUT2D eigenvalue weighted by atomic mass is 19.1. The number of carbonyl (C=O) groups is 1. The molecule has 0 aliphatic heterocycles. The van der Waals surface area contributed by atoms with Gasteiger partial charge in [-0.2, -0.15) is 0 Å². The van der Waals surface area contributed by atoms with Crippen LogP contribution in [0.4, 0.5) is 4.39 Å². The molecule has 0 atom stereocenters. The fourth-order valence-corrected chi connectivity index (χ4v) is 2.28. The number of ether oxygens (including phenoxy) is 1. The van der Waals surface area contributed by atoms with Gasteiger partial charge in [0.2, 0.25) is 5.91 Å². The van der Waals surface area contributed by atoms with E-state index in [0.29, 0.717) is 25.8 Å². The SMILES string of the molecule is COc1ccccc1CCC(=O)NCCc1cccc(F)c1. The Balaban J connectivity index is 1.74. The Hall–Kier alpha value is -2.36. The lowest BCUT2D eigenvalue weighted by Gasteiger charge is -2.08. The van der Waals surface area contributed by atoms with Gasteiger partial charge in [0.15, 0.2) is 0 Å². The predicted octanol–water partition coefficient (Wildman–Crippen LogP) is 3.13. The van der Waals surface area contributed by atoms with Gasteiger partial charge >= 0.3 is 0 Å². The second kappa shape index (κ2) is 8.17. The maximum Gasteiger partial charge on any atom is 0.220 e. The van der Waals surface area contributed by atoms with E-state index in [0.717, 1.165) is 16.9 Å². The van der Waals surface area contributed by atoms with E-state index in [-0.39, 0.29) is 11.7 Å². The molecule has 0 fully saturated rings. The molecule has 2 rings (SSSR count). The number of aryl methyl sites for hydroxylation is 1. The zero-order valence-electron chi connectivity index (χ0n) is 12.6. The standard InChI is InChI=1S/C18H20FNO2/c1-22-17-8-3-2-6-15(17)9-10-18(21)20-12-11-14-5-4-7-16(19)13-14/h2-8,13H,9-12H2,1H3,(H,20,21). The molecule has 22 heavy (non-hydrogen) atoms. The molecule has 0 heterocycles. The summed E-state index contributed by atoms with van der Waals surface area (Å²) in [4.78, 5) is 11.8. The van der Waals surface area contributed by atoms with Crippen LogP contribution in [0.3, 0.4) is 0 Å². The monoisotopic (exact) mass is 301 g/mol. The topological polar surface area (TPSA) is 38.3 Å². The summed E-state index contributed by atoms with van der Waals surface area (Å²) < 4.78 is 18.3. The van der Waals surface area contributed by atoms with Gasteiger partial charge in [-0.05, 0) is 42.2 Å². The highest BCUT2D eigenvalue weighted by molar-refractivity contribution is 5.76. The zero-order chi connectivity index (χ0) is 15.8. The first-order chi connectivity index (χ1) is 10.7. The Bertz CT molecular complexity index is 628. The number of hydrogen-bond donors (Lipinski definition) is 1. The Morgan fingerprint density at radius 3 is 2.73 bits per heavy atom. The van der Waals surface area contributed by atoms with Crippen molar-refractivity contribution in [2.24, 2.45) is 0 Å². The summed E-state index contributed by atoms with van der Waals surface area (Å²) in [6.07, 6.45) is 1.66.